The molecule has 0 unspecified atom stereocenters. The Morgan fingerprint density at radius 3 is 2.60 bits per heavy atom. The molecule has 0 amide bonds. The van der Waals surface area contributed by atoms with Crippen molar-refractivity contribution in [3.8, 4) is 5.75 Å². The van der Waals surface area contributed by atoms with Crippen LogP contribution in [0, 0.1) is 12.7 Å². The first-order valence-electron chi connectivity index (χ1n) is 7.07. The largest absolute Gasteiger partial charge is 0.507 e. The lowest BCUT2D eigenvalue weighted by Crippen LogP contribution is -2.45. The van der Waals surface area contributed by atoms with Crippen LogP contribution in [0.4, 0.5) is 4.39 Å². The number of rotatable bonds is 4. The van der Waals surface area contributed by atoms with Crippen LogP contribution in [0.1, 0.15) is 36.9 Å². The van der Waals surface area contributed by atoms with Gasteiger partial charge >= 0.3 is 0 Å². The summed E-state index contributed by atoms with van der Waals surface area (Å²) in [5, 5.41) is 13.6. The van der Waals surface area contributed by atoms with Crippen molar-refractivity contribution in [1.82, 2.24) is 10.2 Å². The average molecular weight is 303 g/mol. The van der Waals surface area contributed by atoms with Crippen molar-refractivity contribution in [2.45, 2.75) is 32.7 Å². The molecular weight excluding hydrogens is 279 g/mol. The lowest BCUT2D eigenvalue weighted by atomic mass is 9.96. The third-order valence-corrected chi connectivity index (χ3v) is 3.81. The van der Waals surface area contributed by atoms with Crippen LogP contribution in [0.15, 0.2) is 12.1 Å². The van der Waals surface area contributed by atoms with Gasteiger partial charge in [-0.25, -0.2) is 4.39 Å². The van der Waals surface area contributed by atoms with Crippen LogP contribution in [0.5, 0.6) is 5.75 Å². The van der Waals surface area contributed by atoms with E-state index in [2.05, 4.69) is 17.1 Å². The Bertz CT molecular complexity index is 436. The first-order chi connectivity index (χ1) is 9.13. The number of phenols is 1. The maximum absolute atomic E-state index is 13.6. The predicted molar refractivity (Wildman–Crippen MR) is 82.1 cm³/mol. The molecule has 0 radical (unpaired) electrons. The van der Waals surface area contributed by atoms with Crippen molar-refractivity contribution in [2.24, 2.45) is 0 Å². The van der Waals surface area contributed by atoms with Crippen molar-refractivity contribution in [2.75, 3.05) is 26.2 Å². The Morgan fingerprint density at radius 2 is 2.00 bits per heavy atom. The van der Waals surface area contributed by atoms with Gasteiger partial charge in [0.1, 0.15) is 11.6 Å². The second kappa shape index (κ2) is 7.81. The molecule has 3 nitrogen and oxygen atoms in total. The highest BCUT2D eigenvalue weighted by Gasteiger charge is 2.24. The first kappa shape index (κ1) is 17.2. The zero-order chi connectivity index (χ0) is 13.8. The van der Waals surface area contributed by atoms with Gasteiger partial charge in [-0.05, 0) is 31.0 Å². The monoisotopic (exact) mass is 302 g/mol. The van der Waals surface area contributed by atoms with Crippen LogP contribution in [0.3, 0.4) is 0 Å². The summed E-state index contributed by atoms with van der Waals surface area (Å²) in [6.45, 7) is 7.67. The summed E-state index contributed by atoms with van der Waals surface area (Å²) in [7, 11) is 0. The fraction of sp³-hybridized carbons (Fsp3) is 0.600. The van der Waals surface area contributed by atoms with Crippen LogP contribution < -0.4 is 5.32 Å². The Hall–Kier alpha value is -0.840. The maximum atomic E-state index is 13.6. The van der Waals surface area contributed by atoms with Gasteiger partial charge in [0.15, 0.2) is 0 Å². The zero-order valence-electron chi connectivity index (χ0n) is 12.2. The number of piperazine rings is 1. The van der Waals surface area contributed by atoms with Gasteiger partial charge in [0.2, 0.25) is 0 Å². The molecule has 1 aromatic carbocycles. The van der Waals surface area contributed by atoms with Gasteiger partial charge in [0, 0.05) is 37.8 Å². The summed E-state index contributed by atoms with van der Waals surface area (Å²) < 4.78 is 13.6. The maximum Gasteiger partial charge on any atom is 0.124 e. The van der Waals surface area contributed by atoms with E-state index in [9.17, 15) is 9.50 Å². The van der Waals surface area contributed by atoms with E-state index in [4.69, 9.17) is 0 Å². The lowest BCUT2D eigenvalue weighted by molar-refractivity contribution is 0.161. The van der Waals surface area contributed by atoms with Gasteiger partial charge in [0.05, 0.1) is 0 Å². The third-order valence-electron chi connectivity index (χ3n) is 3.81. The summed E-state index contributed by atoms with van der Waals surface area (Å²) in [5.41, 5.74) is 1.35. The summed E-state index contributed by atoms with van der Waals surface area (Å²) in [5.74, 6) is -0.0140. The van der Waals surface area contributed by atoms with E-state index in [1.54, 1.807) is 6.92 Å². The van der Waals surface area contributed by atoms with Crippen molar-refractivity contribution in [3.63, 3.8) is 0 Å². The average Bonchev–Trinajstić information content (AvgIpc) is 2.41. The molecule has 2 rings (SSSR count). The molecule has 1 aliphatic heterocycles. The molecule has 1 saturated heterocycles. The van der Waals surface area contributed by atoms with Gasteiger partial charge in [-0.3, -0.25) is 4.90 Å². The molecule has 2 N–H and O–H groups in total. The normalized spacial score (nSPS) is 17.6. The number of nitrogens with zero attached hydrogens (tertiary/aromatic N) is 1. The Kier molecular flexibility index (Phi) is 6.72. The van der Waals surface area contributed by atoms with E-state index in [1.165, 1.54) is 12.1 Å². The van der Waals surface area contributed by atoms with E-state index >= 15 is 0 Å². The number of halogens is 2. The number of benzene rings is 1. The number of aryl methyl sites for hydroxylation is 1. The van der Waals surface area contributed by atoms with E-state index in [1.807, 2.05) is 0 Å². The lowest BCUT2D eigenvalue weighted by Gasteiger charge is -2.35. The predicted octanol–water partition coefficient (Wildman–Crippen LogP) is 3.01. The summed E-state index contributed by atoms with van der Waals surface area (Å²) in [6.07, 6.45) is 1.96. The van der Waals surface area contributed by atoms with E-state index in [0.717, 1.165) is 44.6 Å². The van der Waals surface area contributed by atoms with Gasteiger partial charge in [-0.1, -0.05) is 13.3 Å². The Morgan fingerprint density at radius 1 is 1.35 bits per heavy atom. The molecule has 0 aliphatic carbocycles. The number of hydrogen-bond donors (Lipinski definition) is 2. The molecule has 1 atom stereocenters. The van der Waals surface area contributed by atoms with E-state index in [0.29, 0.717) is 5.56 Å². The molecule has 0 aromatic heterocycles. The number of phenolic OH excluding ortho intramolecular Hbond substituents is 1. The number of nitrogens with one attached hydrogen (secondary N) is 1. The van der Waals surface area contributed by atoms with Crippen LogP contribution in [-0.4, -0.2) is 36.2 Å². The highest BCUT2D eigenvalue weighted by Crippen LogP contribution is 2.35. The molecule has 0 bridgehead atoms. The summed E-state index contributed by atoms with van der Waals surface area (Å²) >= 11 is 0. The topological polar surface area (TPSA) is 35.5 Å². The van der Waals surface area contributed by atoms with Crippen LogP contribution in [-0.2, 0) is 0 Å². The number of hydrogen-bond acceptors (Lipinski definition) is 3. The molecule has 0 spiro atoms. The number of aromatic hydroxyl groups is 1. The van der Waals surface area contributed by atoms with Crippen LogP contribution >= 0.6 is 12.4 Å². The van der Waals surface area contributed by atoms with Crippen molar-refractivity contribution < 1.29 is 9.50 Å². The minimum absolute atomic E-state index is 0. The highest BCUT2D eigenvalue weighted by atomic mass is 35.5. The van der Waals surface area contributed by atoms with Crippen molar-refractivity contribution in [1.29, 1.82) is 0 Å². The van der Waals surface area contributed by atoms with Gasteiger partial charge in [0.25, 0.3) is 0 Å². The zero-order valence-corrected chi connectivity index (χ0v) is 13.0. The molecule has 20 heavy (non-hydrogen) atoms. The summed E-state index contributed by atoms with van der Waals surface area (Å²) in [6, 6.07) is 2.99. The first-order valence-corrected chi connectivity index (χ1v) is 7.07. The molecule has 1 aliphatic rings. The quantitative estimate of drug-likeness (QED) is 0.897. The van der Waals surface area contributed by atoms with Crippen molar-refractivity contribution in [3.05, 3.63) is 29.1 Å². The fourth-order valence-electron chi connectivity index (χ4n) is 2.82. The SMILES string of the molecule is CCC[C@@H](c1cc(F)cc(C)c1O)N1CCNCC1.Cl. The Balaban J connectivity index is 0.00000200. The van der Waals surface area contributed by atoms with Gasteiger partial charge in [-0.2, -0.15) is 0 Å². The van der Waals surface area contributed by atoms with E-state index in [-0.39, 0.29) is 30.0 Å². The minimum Gasteiger partial charge on any atom is -0.507 e. The third kappa shape index (κ3) is 3.84. The molecule has 0 saturated carbocycles. The standard InChI is InChI=1S/C15H23FN2O.ClH/c1-3-4-14(18-7-5-17-6-8-18)13-10-12(16)9-11(2)15(13)19;/h9-10,14,17,19H,3-8H2,1-2H3;1H/t14-;/m0./s1. The van der Waals surface area contributed by atoms with Crippen LogP contribution in [0.25, 0.3) is 0 Å². The van der Waals surface area contributed by atoms with Crippen molar-refractivity contribution >= 4 is 12.4 Å². The smallest absolute Gasteiger partial charge is 0.124 e. The molecule has 5 heteroatoms. The fourth-order valence-corrected chi connectivity index (χ4v) is 2.82. The second-order valence-electron chi connectivity index (χ2n) is 5.25. The second-order valence-corrected chi connectivity index (χ2v) is 5.25. The highest BCUT2D eigenvalue weighted by molar-refractivity contribution is 5.85. The summed E-state index contributed by atoms with van der Waals surface area (Å²) in [4.78, 5) is 2.34. The molecule has 1 aromatic rings. The molecule has 114 valence electrons. The molecule has 1 heterocycles. The molecule has 1 fully saturated rings. The van der Waals surface area contributed by atoms with Crippen LogP contribution in [0.2, 0.25) is 0 Å². The van der Waals surface area contributed by atoms with Gasteiger partial charge < -0.3 is 10.4 Å². The Labute approximate surface area is 126 Å². The minimum atomic E-state index is -0.262. The molecular formula is C15H24ClFN2O. The van der Waals surface area contributed by atoms with Gasteiger partial charge in [-0.15, -0.1) is 12.4 Å². The van der Waals surface area contributed by atoms with E-state index < -0.39 is 0 Å².